The van der Waals surface area contributed by atoms with Gasteiger partial charge in [-0.05, 0) is 13.3 Å². The monoisotopic (exact) mass is 250 g/mol. The number of nitrogens with zero attached hydrogens (tertiary/aromatic N) is 2. The second-order valence-electron chi connectivity index (χ2n) is 3.47. The topological polar surface area (TPSA) is 55.2 Å². The van der Waals surface area contributed by atoms with Gasteiger partial charge in [0.15, 0.2) is 0 Å². The predicted molar refractivity (Wildman–Crippen MR) is 53.5 cm³/mol. The lowest BCUT2D eigenvalue weighted by molar-refractivity contribution is -0.136. The maximum atomic E-state index is 11.9. The molecule has 0 bridgehead atoms. The van der Waals surface area contributed by atoms with Gasteiger partial charge in [-0.15, -0.1) is 0 Å². The minimum atomic E-state index is -4.18. The Bertz CT molecular complexity index is 369. The second-order valence-corrected chi connectivity index (χ2v) is 3.47. The largest absolute Gasteiger partial charge is 0.477 e. The average Bonchev–Trinajstić information content (AvgIpc) is 2.23. The van der Waals surface area contributed by atoms with Crippen molar-refractivity contribution in [3.05, 3.63) is 17.6 Å². The van der Waals surface area contributed by atoms with Crippen LogP contribution in [0.15, 0.2) is 6.20 Å². The first-order valence-electron chi connectivity index (χ1n) is 5.05. The summed E-state index contributed by atoms with van der Waals surface area (Å²) in [7, 11) is 0. The summed E-state index contributed by atoms with van der Waals surface area (Å²) in [6.07, 6.45) is -3.82. The summed E-state index contributed by atoms with van der Waals surface area (Å²) in [4.78, 5) is 7.75. The lowest BCUT2D eigenvalue weighted by atomic mass is 10.3. The van der Waals surface area contributed by atoms with Gasteiger partial charge in [0.25, 0.3) is 0 Å². The van der Waals surface area contributed by atoms with Crippen molar-refractivity contribution in [1.29, 1.82) is 0 Å². The van der Waals surface area contributed by atoms with Crippen LogP contribution in [0.5, 0.6) is 5.88 Å². The fourth-order valence-electron chi connectivity index (χ4n) is 1.15. The van der Waals surface area contributed by atoms with E-state index in [0.29, 0.717) is 11.4 Å². The quantitative estimate of drug-likeness (QED) is 0.812. The van der Waals surface area contributed by atoms with Crippen LogP contribution >= 0.6 is 0 Å². The molecule has 1 aromatic rings. The van der Waals surface area contributed by atoms with E-state index in [1.54, 1.807) is 6.92 Å². The number of alkyl halides is 3. The Kier molecular flexibility index (Phi) is 4.68. The Morgan fingerprint density at radius 2 is 2.12 bits per heavy atom. The van der Waals surface area contributed by atoms with Crippen LogP contribution in [-0.2, 0) is 6.61 Å². The first kappa shape index (κ1) is 13.7. The molecule has 0 aliphatic rings. The molecule has 1 heterocycles. The third kappa shape index (κ3) is 4.99. The summed E-state index contributed by atoms with van der Waals surface area (Å²) in [5.41, 5.74) is 0.364. The third-order valence-corrected chi connectivity index (χ3v) is 1.96. The third-order valence-electron chi connectivity index (χ3n) is 1.96. The van der Waals surface area contributed by atoms with Crippen molar-refractivity contribution >= 4 is 0 Å². The zero-order valence-corrected chi connectivity index (χ0v) is 9.29. The van der Waals surface area contributed by atoms with Crippen molar-refractivity contribution in [3.63, 3.8) is 0 Å². The van der Waals surface area contributed by atoms with Crippen molar-refractivity contribution in [2.45, 2.75) is 32.5 Å². The molecule has 0 radical (unpaired) electrons. The zero-order valence-electron chi connectivity index (χ0n) is 9.29. The molecule has 0 saturated heterocycles. The Morgan fingerprint density at radius 3 is 2.71 bits per heavy atom. The van der Waals surface area contributed by atoms with E-state index in [1.807, 2.05) is 0 Å². The molecule has 0 atom stereocenters. The van der Waals surface area contributed by atoms with E-state index in [4.69, 9.17) is 9.84 Å². The van der Waals surface area contributed by atoms with E-state index in [9.17, 15) is 13.2 Å². The van der Waals surface area contributed by atoms with Crippen LogP contribution in [0.3, 0.4) is 0 Å². The van der Waals surface area contributed by atoms with Crippen molar-refractivity contribution in [2.75, 3.05) is 6.61 Å². The molecule has 1 rings (SSSR count). The van der Waals surface area contributed by atoms with Gasteiger partial charge < -0.3 is 9.84 Å². The van der Waals surface area contributed by atoms with Crippen molar-refractivity contribution in [3.8, 4) is 5.88 Å². The van der Waals surface area contributed by atoms with Gasteiger partial charge in [-0.1, -0.05) is 0 Å². The number of aromatic nitrogens is 2. The summed E-state index contributed by atoms with van der Waals surface area (Å²) in [6.45, 7) is 1.22. The van der Waals surface area contributed by atoms with Crippen LogP contribution in [0.2, 0.25) is 0 Å². The molecule has 4 nitrogen and oxygen atoms in total. The SMILES string of the molecule is Cc1ncc(CO)c(OCCCC(F)(F)F)n1. The predicted octanol–water partition coefficient (Wildman–Crippen LogP) is 2.00. The summed E-state index contributed by atoms with van der Waals surface area (Å²) in [5.74, 6) is 0.579. The van der Waals surface area contributed by atoms with Crippen molar-refractivity contribution in [2.24, 2.45) is 0 Å². The number of hydrogen-bond donors (Lipinski definition) is 1. The number of aliphatic hydroxyl groups excluding tert-OH is 1. The maximum absolute atomic E-state index is 11.9. The normalized spacial score (nSPS) is 11.6. The molecule has 96 valence electrons. The number of rotatable bonds is 5. The zero-order chi connectivity index (χ0) is 12.9. The van der Waals surface area contributed by atoms with Gasteiger partial charge in [-0.2, -0.15) is 18.2 Å². The fraction of sp³-hybridized carbons (Fsp3) is 0.600. The number of halogens is 3. The highest BCUT2D eigenvalue weighted by Gasteiger charge is 2.26. The van der Waals surface area contributed by atoms with E-state index < -0.39 is 12.6 Å². The number of aryl methyl sites for hydroxylation is 1. The maximum Gasteiger partial charge on any atom is 0.389 e. The highest BCUT2D eigenvalue weighted by atomic mass is 19.4. The van der Waals surface area contributed by atoms with Gasteiger partial charge in [0.1, 0.15) is 5.82 Å². The van der Waals surface area contributed by atoms with Crippen LogP contribution in [0, 0.1) is 6.92 Å². The van der Waals surface area contributed by atoms with E-state index >= 15 is 0 Å². The van der Waals surface area contributed by atoms with Crippen LogP contribution in [0.1, 0.15) is 24.2 Å². The molecule has 1 N–H and O–H groups in total. The molecular weight excluding hydrogens is 237 g/mol. The first-order chi connectivity index (χ1) is 7.92. The number of ether oxygens (including phenoxy) is 1. The van der Waals surface area contributed by atoms with Crippen molar-refractivity contribution < 1.29 is 23.0 Å². The van der Waals surface area contributed by atoms with E-state index in [-0.39, 0.29) is 25.5 Å². The van der Waals surface area contributed by atoms with Gasteiger partial charge in [-0.25, -0.2) is 4.98 Å². The lowest BCUT2D eigenvalue weighted by Gasteiger charge is -2.10. The molecule has 0 spiro atoms. The molecule has 0 aromatic carbocycles. The Labute approximate surface area is 96.5 Å². The first-order valence-corrected chi connectivity index (χ1v) is 5.05. The van der Waals surface area contributed by atoms with E-state index in [1.165, 1.54) is 6.20 Å². The van der Waals surface area contributed by atoms with Gasteiger partial charge in [0.05, 0.1) is 18.8 Å². The molecule has 1 aromatic heterocycles. The minimum absolute atomic E-state index is 0.0943. The van der Waals surface area contributed by atoms with Crippen molar-refractivity contribution in [1.82, 2.24) is 9.97 Å². The smallest absolute Gasteiger partial charge is 0.389 e. The summed E-state index contributed by atoms with van der Waals surface area (Å²) in [5, 5.41) is 8.96. The summed E-state index contributed by atoms with van der Waals surface area (Å²) < 4.78 is 40.7. The highest BCUT2D eigenvalue weighted by Crippen LogP contribution is 2.22. The molecule has 7 heteroatoms. The van der Waals surface area contributed by atoms with Gasteiger partial charge in [0.2, 0.25) is 5.88 Å². The highest BCUT2D eigenvalue weighted by molar-refractivity contribution is 5.22. The fourth-order valence-corrected chi connectivity index (χ4v) is 1.15. The molecule has 0 fully saturated rings. The standard InChI is InChI=1S/C10H13F3N2O2/c1-7-14-5-8(6-16)9(15-7)17-4-2-3-10(11,12)13/h5,16H,2-4,6H2,1H3. The molecule has 0 amide bonds. The molecule has 17 heavy (non-hydrogen) atoms. The number of aliphatic hydroxyl groups is 1. The van der Waals surface area contributed by atoms with Gasteiger partial charge >= 0.3 is 6.18 Å². The Hall–Kier alpha value is -1.37. The van der Waals surface area contributed by atoms with Crippen LogP contribution in [0.4, 0.5) is 13.2 Å². The van der Waals surface area contributed by atoms with Crippen LogP contribution in [-0.4, -0.2) is 27.9 Å². The minimum Gasteiger partial charge on any atom is -0.477 e. The van der Waals surface area contributed by atoms with Crippen LogP contribution < -0.4 is 4.74 Å². The summed E-state index contributed by atoms with van der Waals surface area (Å²) >= 11 is 0. The lowest BCUT2D eigenvalue weighted by Crippen LogP contribution is -2.11. The van der Waals surface area contributed by atoms with E-state index in [2.05, 4.69) is 9.97 Å². The number of hydrogen-bond acceptors (Lipinski definition) is 4. The van der Waals surface area contributed by atoms with Crippen LogP contribution in [0.25, 0.3) is 0 Å². The molecule has 0 aliphatic heterocycles. The second kappa shape index (κ2) is 5.81. The Balaban J connectivity index is 2.48. The molecule has 0 unspecified atom stereocenters. The van der Waals surface area contributed by atoms with E-state index in [0.717, 1.165) is 0 Å². The summed E-state index contributed by atoms with van der Waals surface area (Å²) in [6, 6.07) is 0. The Morgan fingerprint density at radius 1 is 1.41 bits per heavy atom. The average molecular weight is 250 g/mol. The molecule has 0 aliphatic carbocycles. The van der Waals surface area contributed by atoms with Gasteiger partial charge in [-0.3, -0.25) is 0 Å². The van der Waals surface area contributed by atoms with Gasteiger partial charge in [0, 0.05) is 12.6 Å². The molecule has 0 saturated carbocycles. The molecular formula is C10H13F3N2O2.